The second kappa shape index (κ2) is 7.76. The van der Waals surface area contributed by atoms with Crippen molar-refractivity contribution in [2.45, 2.75) is 6.92 Å². The van der Waals surface area contributed by atoms with E-state index in [9.17, 15) is 13.2 Å². The van der Waals surface area contributed by atoms with Crippen LogP contribution < -0.4 is 10.1 Å². The summed E-state index contributed by atoms with van der Waals surface area (Å²) in [7, 11) is -1.59. The Morgan fingerprint density at radius 3 is 2.48 bits per heavy atom. The Morgan fingerprint density at radius 1 is 1.22 bits per heavy atom. The lowest BCUT2D eigenvalue weighted by atomic mass is 10.3. The van der Waals surface area contributed by atoms with Crippen molar-refractivity contribution in [1.29, 1.82) is 0 Å². The van der Waals surface area contributed by atoms with Crippen molar-refractivity contribution in [2.24, 2.45) is 0 Å². The standard InChI is InChI=1S/C15H23N3O4S/c1-3-23(20,21)18-10-8-17(9-11-18)12-15(19)16-13-6-4-5-7-14(13)22-2/h4-7H,3,8-12H2,1-2H3,(H,16,19). The zero-order valence-electron chi connectivity index (χ0n) is 13.5. The van der Waals surface area contributed by atoms with Gasteiger partial charge in [-0.25, -0.2) is 8.42 Å². The molecule has 1 saturated heterocycles. The quantitative estimate of drug-likeness (QED) is 0.820. The van der Waals surface area contributed by atoms with Crippen LogP contribution >= 0.6 is 0 Å². The number of hydrogen-bond acceptors (Lipinski definition) is 5. The van der Waals surface area contributed by atoms with Gasteiger partial charge in [-0.05, 0) is 19.1 Å². The number of ether oxygens (including phenoxy) is 1. The Bertz CT molecular complexity index is 640. The lowest BCUT2D eigenvalue weighted by Crippen LogP contribution is -2.50. The molecule has 1 aromatic carbocycles. The monoisotopic (exact) mass is 341 g/mol. The molecule has 0 unspecified atom stereocenters. The predicted octanol–water partition coefficient (Wildman–Crippen LogP) is 0.601. The third kappa shape index (κ3) is 4.66. The van der Waals surface area contributed by atoms with Crippen molar-refractivity contribution < 1.29 is 17.9 Å². The third-order valence-corrected chi connectivity index (χ3v) is 5.72. The molecule has 128 valence electrons. The zero-order chi connectivity index (χ0) is 16.9. The molecule has 8 heteroatoms. The topological polar surface area (TPSA) is 79.0 Å². The van der Waals surface area contributed by atoms with E-state index in [4.69, 9.17) is 4.74 Å². The summed E-state index contributed by atoms with van der Waals surface area (Å²) in [6.45, 7) is 3.84. The summed E-state index contributed by atoms with van der Waals surface area (Å²) in [6, 6.07) is 7.22. The van der Waals surface area contributed by atoms with Gasteiger partial charge in [0.05, 0.1) is 25.1 Å². The van der Waals surface area contributed by atoms with Crippen LogP contribution in [0.5, 0.6) is 5.75 Å². The summed E-state index contributed by atoms with van der Waals surface area (Å²) in [4.78, 5) is 14.1. The van der Waals surface area contributed by atoms with Gasteiger partial charge in [-0.15, -0.1) is 0 Å². The Hall–Kier alpha value is -1.64. The van der Waals surface area contributed by atoms with Crippen LogP contribution in [0.2, 0.25) is 0 Å². The van der Waals surface area contributed by atoms with Crippen molar-refractivity contribution >= 4 is 21.6 Å². The van der Waals surface area contributed by atoms with Gasteiger partial charge >= 0.3 is 0 Å². The third-order valence-electron chi connectivity index (χ3n) is 3.84. The number of rotatable bonds is 6. The largest absolute Gasteiger partial charge is 0.495 e. The molecule has 1 amide bonds. The molecule has 1 heterocycles. The van der Waals surface area contributed by atoms with E-state index in [-0.39, 0.29) is 18.2 Å². The molecule has 0 aromatic heterocycles. The fraction of sp³-hybridized carbons (Fsp3) is 0.533. The number of anilines is 1. The normalized spacial score (nSPS) is 17.0. The van der Waals surface area contributed by atoms with Gasteiger partial charge in [-0.3, -0.25) is 9.69 Å². The Balaban J connectivity index is 1.86. The van der Waals surface area contributed by atoms with Gasteiger partial charge in [-0.2, -0.15) is 4.31 Å². The predicted molar refractivity (Wildman–Crippen MR) is 89.1 cm³/mol. The van der Waals surface area contributed by atoms with Gasteiger partial charge in [0, 0.05) is 26.2 Å². The van der Waals surface area contributed by atoms with Gasteiger partial charge in [0.25, 0.3) is 0 Å². The smallest absolute Gasteiger partial charge is 0.238 e. The molecule has 0 spiro atoms. The van der Waals surface area contributed by atoms with Crippen LogP contribution in [0.4, 0.5) is 5.69 Å². The van der Waals surface area contributed by atoms with E-state index in [1.165, 1.54) is 4.31 Å². The number of methoxy groups -OCH3 is 1. The number of piperazine rings is 1. The summed E-state index contributed by atoms with van der Waals surface area (Å²) in [5, 5.41) is 2.82. The summed E-state index contributed by atoms with van der Waals surface area (Å²) < 4.78 is 30.3. The minimum Gasteiger partial charge on any atom is -0.495 e. The summed E-state index contributed by atoms with van der Waals surface area (Å²) in [6.07, 6.45) is 0. The van der Waals surface area contributed by atoms with E-state index >= 15 is 0 Å². The van der Waals surface area contributed by atoms with Crippen LogP contribution in [-0.2, 0) is 14.8 Å². The number of hydrogen-bond donors (Lipinski definition) is 1. The maximum absolute atomic E-state index is 12.1. The van der Waals surface area contributed by atoms with E-state index in [2.05, 4.69) is 5.32 Å². The van der Waals surface area contributed by atoms with Gasteiger partial charge in [0.2, 0.25) is 15.9 Å². The van der Waals surface area contributed by atoms with Crippen LogP contribution in [0, 0.1) is 0 Å². The van der Waals surface area contributed by atoms with Gasteiger partial charge in [-0.1, -0.05) is 12.1 Å². The van der Waals surface area contributed by atoms with Crippen LogP contribution in [0.25, 0.3) is 0 Å². The van der Waals surface area contributed by atoms with Crippen LogP contribution in [-0.4, -0.2) is 69.1 Å². The highest BCUT2D eigenvalue weighted by molar-refractivity contribution is 7.89. The Kier molecular flexibility index (Phi) is 5.97. The van der Waals surface area contributed by atoms with Crippen LogP contribution in [0.1, 0.15) is 6.92 Å². The molecular weight excluding hydrogens is 318 g/mol. The van der Waals surface area contributed by atoms with E-state index < -0.39 is 10.0 Å². The molecule has 1 aromatic rings. The minimum absolute atomic E-state index is 0.112. The summed E-state index contributed by atoms with van der Waals surface area (Å²) in [5.41, 5.74) is 0.632. The average Bonchev–Trinajstić information content (AvgIpc) is 2.55. The van der Waals surface area contributed by atoms with Crippen molar-refractivity contribution in [3.05, 3.63) is 24.3 Å². The SMILES string of the molecule is CCS(=O)(=O)N1CCN(CC(=O)Nc2ccccc2OC)CC1. The number of sulfonamides is 1. The highest BCUT2D eigenvalue weighted by Gasteiger charge is 2.26. The number of carbonyl (C=O) groups excluding carboxylic acids is 1. The molecule has 0 aliphatic carbocycles. The van der Waals surface area contributed by atoms with E-state index in [0.717, 1.165) is 0 Å². The zero-order valence-corrected chi connectivity index (χ0v) is 14.3. The lowest BCUT2D eigenvalue weighted by Gasteiger charge is -2.33. The molecule has 1 aliphatic rings. The molecule has 7 nitrogen and oxygen atoms in total. The highest BCUT2D eigenvalue weighted by atomic mass is 32.2. The second-order valence-electron chi connectivity index (χ2n) is 5.32. The molecular formula is C15H23N3O4S. The molecule has 2 rings (SSSR count). The highest BCUT2D eigenvalue weighted by Crippen LogP contribution is 2.22. The molecule has 0 saturated carbocycles. The number of nitrogens with one attached hydrogen (secondary N) is 1. The number of nitrogens with zero attached hydrogens (tertiary/aromatic N) is 2. The number of carbonyl (C=O) groups is 1. The molecule has 0 radical (unpaired) electrons. The first-order chi connectivity index (χ1) is 11.0. The fourth-order valence-electron chi connectivity index (χ4n) is 2.49. The van der Waals surface area contributed by atoms with Crippen molar-refractivity contribution in [3.8, 4) is 5.75 Å². The molecule has 1 N–H and O–H groups in total. The van der Waals surface area contributed by atoms with Crippen molar-refractivity contribution in [3.63, 3.8) is 0 Å². The van der Waals surface area contributed by atoms with Crippen molar-refractivity contribution in [1.82, 2.24) is 9.21 Å². The first kappa shape index (κ1) is 17.7. The number of benzene rings is 1. The number of para-hydroxylation sites is 2. The molecule has 23 heavy (non-hydrogen) atoms. The summed E-state index contributed by atoms with van der Waals surface area (Å²) in [5.74, 6) is 0.586. The van der Waals surface area contributed by atoms with E-state index in [1.807, 2.05) is 17.0 Å². The molecule has 0 atom stereocenters. The van der Waals surface area contributed by atoms with Crippen LogP contribution in [0.3, 0.4) is 0 Å². The molecule has 1 aliphatic heterocycles. The Labute approximate surface area is 137 Å². The first-order valence-corrected chi connectivity index (χ1v) is 9.20. The second-order valence-corrected chi connectivity index (χ2v) is 7.58. The van der Waals surface area contributed by atoms with E-state index in [0.29, 0.717) is 37.6 Å². The molecule has 1 fully saturated rings. The Morgan fingerprint density at radius 2 is 1.87 bits per heavy atom. The van der Waals surface area contributed by atoms with Gasteiger partial charge < -0.3 is 10.1 Å². The van der Waals surface area contributed by atoms with Crippen molar-refractivity contribution in [2.75, 3.05) is 50.9 Å². The summed E-state index contributed by atoms with van der Waals surface area (Å²) >= 11 is 0. The lowest BCUT2D eigenvalue weighted by molar-refractivity contribution is -0.117. The maximum atomic E-state index is 12.1. The molecule has 0 bridgehead atoms. The number of amides is 1. The minimum atomic E-state index is -3.14. The van der Waals surface area contributed by atoms with Gasteiger partial charge in [0.1, 0.15) is 5.75 Å². The maximum Gasteiger partial charge on any atom is 0.238 e. The van der Waals surface area contributed by atoms with Crippen LogP contribution in [0.15, 0.2) is 24.3 Å². The van der Waals surface area contributed by atoms with Gasteiger partial charge in [0.15, 0.2) is 0 Å². The fourth-order valence-corrected chi connectivity index (χ4v) is 3.57. The average molecular weight is 341 g/mol. The van der Waals surface area contributed by atoms with E-state index in [1.54, 1.807) is 26.2 Å². The first-order valence-electron chi connectivity index (χ1n) is 7.59.